The minimum absolute atomic E-state index is 0.427. The van der Waals surface area contributed by atoms with Crippen molar-refractivity contribution in [3.63, 3.8) is 0 Å². The summed E-state index contributed by atoms with van der Waals surface area (Å²) in [6.45, 7) is 6.42. The molecule has 0 saturated carbocycles. The number of rotatable bonds is 6. The molecule has 1 rings (SSSR count). The van der Waals surface area contributed by atoms with Gasteiger partial charge in [0.25, 0.3) is 0 Å². The van der Waals surface area contributed by atoms with Crippen molar-refractivity contribution in [1.82, 2.24) is 9.97 Å². The second-order valence-electron chi connectivity index (χ2n) is 5.18. The Labute approximate surface area is 127 Å². The van der Waals surface area contributed by atoms with E-state index in [9.17, 15) is 4.79 Å². The predicted octanol–water partition coefficient (Wildman–Crippen LogP) is 2.44. The van der Waals surface area contributed by atoms with Crippen LogP contribution in [0.4, 0.5) is 5.82 Å². The number of aliphatic carboxylic acids is 1. The van der Waals surface area contributed by atoms with Crippen molar-refractivity contribution in [2.75, 3.05) is 18.5 Å². The van der Waals surface area contributed by atoms with Gasteiger partial charge in [-0.05, 0) is 34.9 Å². The fourth-order valence-electron chi connectivity index (χ4n) is 1.77. The average Bonchev–Trinajstić information content (AvgIpc) is 2.30. The molecule has 0 saturated heterocycles. The number of aromatic nitrogens is 2. The molecule has 0 aliphatic carbocycles. The Balaban J connectivity index is 2.91. The molecule has 0 aliphatic heterocycles. The molecule has 1 aromatic rings. The standard InChI is InChI=1S/C13H20IN3O2/c1-8(2)5-10-11(14)12(16-7-15-10)17(4)6-9(3)13(18)19/h7-9H,5-6H2,1-4H3,(H,18,19). The quantitative estimate of drug-likeness (QED) is 0.772. The lowest BCUT2D eigenvalue weighted by Gasteiger charge is -2.22. The third-order valence-electron chi connectivity index (χ3n) is 2.78. The first kappa shape index (κ1) is 16.1. The second kappa shape index (κ2) is 7.02. The highest BCUT2D eigenvalue weighted by Crippen LogP contribution is 2.23. The van der Waals surface area contributed by atoms with E-state index in [0.29, 0.717) is 12.5 Å². The molecule has 0 aliphatic rings. The zero-order chi connectivity index (χ0) is 14.6. The van der Waals surface area contributed by atoms with E-state index in [4.69, 9.17) is 5.11 Å². The summed E-state index contributed by atoms with van der Waals surface area (Å²) in [7, 11) is 1.86. The van der Waals surface area contributed by atoms with Crippen LogP contribution in [0, 0.1) is 15.4 Å². The summed E-state index contributed by atoms with van der Waals surface area (Å²) in [5.41, 5.74) is 1.02. The Morgan fingerprint density at radius 3 is 2.58 bits per heavy atom. The summed E-state index contributed by atoms with van der Waals surface area (Å²) in [5, 5.41) is 8.96. The van der Waals surface area contributed by atoms with Gasteiger partial charge in [0.1, 0.15) is 12.1 Å². The Kier molecular flexibility index (Phi) is 5.96. The maximum absolute atomic E-state index is 10.9. The fraction of sp³-hybridized carbons (Fsp3) is 0.615. The summed E-state index contributed by atoms with van der Waals surface area (Å²) < 4.78 is 1.01. The third-order valence-corrected chi connectivity index (χ3v) is 3.88. The topological polar surface area (TPSA) is 66.3 Å². The summed E-state index contributed by atoms with van der Waals surface area (Å²) >= 11 is 2.24. The maximum Gasteiger partial charge on any atom is 0.308 e. The van der Waals surface area contributed by atoms with Crippen molar-refractivity contribution in [3.8, 4) is 0 Å². The maximum atomic E-state index is 10.9. The van der Waals surface area contributed by atoms with Gasteiger partial charge in [0.2, 0.25) is 0 Å². The lowest BCUT2D eigenvalue weighted by Crippen LogP contribution is -2.30. The van der Waals surface area contributed by atoms with Crippen LogP contribution in [0.15, 0.2) is 6.33 Å². The van der Waals surface area contributed by atoms with Crippen molar-refractivity contribution >= 4 is 34.4 Å². The molecule has 1 heterocycles. The van der Waals surface area contributed by atoms with Gasteiger partial charge in [-0.3, -0.25) is 4.79 Å². The predicted molar refractivity (Wildman–Crippen MR) is 83.4 cm³/mol. The van der Waals surface area contributed by atoms with E-state index < -0.39 is 11.9 Å². The molecule has 1 unspecified atom stereocenters. The van der Waals surface area contributed by atoms with E-state index in [2.05, 4.69) is 46.4 Å². The van der Waals surface area contributed by atoms with Gasteiger partial charge < -0.3 is 10.0 Å². The Morgan fingerprint density at radius 1 is 1.42 bits per heavy atom. The normalized spacial score (nSPS) is 12.5. The van der Waals surface area contributed by atoms with E-state index in [-0.39, 0.29) is 0 Å². The largest absolute Gasteiger partial charge is 0.481 e. The van der Waals surface area contributed by atoms with E-state index in [0.717, 1.165) is 21.5 Å². The number of nitrogens with zero attached hydrogens (tertiary/aromatic N) is 3. The SMILES string of the molecule is CC(C)Cc1ncnc(N(C)CC(C)C(=O)O)c1I. The van der Waals surface area contributed by atoms with Crippen LogP contribution in [-0.2, 0) is 11.2 Å². The minimum Gasteiger partial charge on any atom is -0.481 e. The van der Waals surface area contributed by atoms with Gasteiger partial charge >= 0.3 is 5.97 Å². The Morgan fingerprint density at radius 2 is 2.05 bits per heavy atom. The number of carbonyl (C=O) groups is 1. The molecule has 0 radical (unpaired) electrons. The molecule has 1 N–H and O–H groups in total. The van der Waals surface area contributed by atoms with Crippen LogP contribution < -0.4 is 4.90 Å². The van der Waals surface area contributed by atoms with Gasteiger partial charge in [0.15, 0.2) is 0 Å². The van der Waals surface area contributed by atoms with Gasteiger partial charge in [-0.1, -0.05) is 20.8 Å². The third kappa shape index (κ3) is 4.59. The molecule has 19 heavy (non-hydrogen) atoms. The number of anilines is 1. The molecule has 1 aromatic heterocycles. The van der Waals surface area contributed by atoms with E-state index in [1.165, 1.54) is 0 Å². The highest BCUT2D eigenvalue weighted by atomic mass is 127. The second-order valence-corrected chi connectivity index (χ2v) is 6.25. The van der Waals surface area contributed by atoms with E-state index in [1.54, 1.807) is 13.3 Å². The molecule has 0 aromatic carbocycles. The number of hydrogen-bond donors (Lipinski definition) is 1. The van der Waals surface area contributed by atoms with Crippen molar-refractivity contribution < 1.29 is 9.90 Å². The molecule has 0 spiro atoms. The monoisotopic (exact) mass is 377 g/mol. The van der Waals surface area contributed by atoms with Crippen molar-refractivity contribution in [1.29, 1.82) is 0 Å². The van der Waals surface area contributed by atoms with Crippen LogP contribution in [0.25, 0.3) is 0 Å². The van der Waals surface area contributed by atoms with Crippen LogP contribution >= 0.6 is 22.6 Å². The molecule has 106 valence electrons. The molecular formula is C13H20IN3O2. The fourth-order valence-corrected chi connectivity index (χ4v) is 2.68. The highest BCUT2D eigenvalue weighted by Gasteiger charge is 2.18. The van der Waals surface area contributed by atoms with Gasteiger partial charge in [-0.2, -0.15) is 0 Å². The van der Waals surface area contributed by atoms with Crippen LogP contribution in [0.2, 0.25) is 0 Å². The Hall–Kier alpha value is -0.920. The van der Waals surface area contributed by atoms with Gasteiger partial charge in [-0.25, -0.2) is 9.97 Å². The van der Waals surface area contributed by atoms with Gasteiger partial charge in [0, 0.05) is 13.6 Å². The average molecular weight is 377 g/mol. The summed E-state index contributed by atoms with van der Waals surface area (Å²) in [6.07, 6.45) is 2.45. The first-order valence-corrected chi connectivity index (χ1v) is 7.34. The minimum atomic E-state index is -0.793. The first-order valence-electron chi connectivity index (χ1n) is 6.26. The number of carboxylic acids is 1. The highest BCUT2D eigenvalue weighted by molar-refractivity contribution is 14.1. The van der Waals surface area contributed by atoms with E-state index >= 15 is 0 Å². The van der Waals surface area contributed by atoms with Crippen LogP contribution in [-0.4, -0.2) is 34.6 Å². The van der Waals surface area contributed by atoms with Gasteiger partial charge in [0.05, 0.1) is 15.2 Å². The number of hydrogen-bond acceptors (Lipinski definition) is 4. The summed E-state index contributed by atoms with van der Waals surface area (Å²) in [4.78, 5) is 21.4. The van der Waals surface area contributed by atoms with Crippen LogP contribution in [0.3, 0.4) is 0 Å². The zero-order valence-electron chi connectivity index (χ0n) is 11.7. The van der Waals surface area contributed by atoms with E-state index in [1.807, 2.05) is 11.9 Å². The summed E-state index contributed by atoms with van der Waals surface area (Å²) in [5.74, 6) is 0.112. The number of halogens is 1. The lowest BCUT2D eigenvalue weighted by atomic mass is 10.1. The van der Waals surface area contributed by atoms with Crippen molar-refractivity contribution in [3.05, 3.63) is 15.6 Å². The smallest absolute Gasteiger partial charge is 0.308 e. The molecule has 1 atom stereocenters. The molecule has 0 fully saturated rings. The lowest BCUT2D eigenvalue weighted by molar-refractivity contribution is -0.140. The van der Waals surface area contributed by atoms with Crippen molar-refractivity contribution in [2.45, 2.75) is 27.2 Å². The van der Waals surface area contributed by atoms with Crippen molar-refractivity contribution in [2.24, 2.45) is 11.8 Å². The molecule has 6 heteroatoms. The molecule has 0 bridgehead atoms. The Bertz CT molecular complexity index is 452. The molecule has 0 amide bonds. The first-order chi connectivity index (χ1) is 8.82. The number of carboxylic acid groups (broad SMARTS) is 1. The molecule has 5 nitrogen and oxygen atoms in total. The van der Waals surface area contributed by atoms with Crippen LogP contribution in [0.1, 0.15) is 26.5 Å². The molecular weight excluding hydrogens is 357 g/mol. The zero-order valence-corrected chi connectivity index (χ0v) is 13.9. The van der Waals surface area contributed by atoms with Gasteiger partial charge in [-0.15, -0.1) is 0 Å². The summed E-state index contributed by atoms with van der Waals surface area (Å²) in [6, 6.07) is 0. The van der Waals surface area contributed by atoms with Crippen LogP contribution in [0.5, 0.6) is 0 Å².